The van der Waals surface area contributed by atoms with E-state index in [1.54, 1.807) is 0 Å². The van der Waals surface area contributed by atoms with Crippen LogP contribution in [-0.2, 0) is 13.1 Å². The molecule has 0 aliphatic rings. The maximum absolute atomic E-state index is 6.51. The molecule has 0 aliphatic carbocycles. The molecule has 114 valence electrons. The summed E-state index contributed by atoms with van der Waals surface area (Å²) in [5.41, 5.74) is 2.98. The highest BCUT2D eigenvalue weighted by atomic mass is 35.5. The van der Waals surface area contributed by atoms with Crippen LogP contribution in [0.1, 0.15) is 22.8 Å². The molecule has 0 fully saturated rings. The SMILES string of the molecule is Cc1ccc(CN(C)Cc2nc3ccccc3c(C)c2Cl)o1. The standard InChI is InChI=1S/C18H19ClN2O/c1-12-8-9-14(22-12)10-21(3)11-17-18(19)13(2)15-6-4-5-7-16(15)20-17/h4-9H,10-11H2,1-3H3. The Morgan fingerprint density at radius 3 is 2.59 bits per heavy atom. The highest BCUT2D eigenvalue weighted by molar-refractivity contribution is 6.32. The van der Waals surface area contributed by atoms with E-state index in [-0.39, 0.29) is 0 Å². The Labute approximate surface area is 135 Å². The summed E-state index contributed by atoms with van der Waals surface area (Å²) in [7, 11) is 2.04. The molecule has 0 spiro atoms. The van der Waals surface area contributed by atoms with Crippen molar-refractivity contribution in [2.24, 2.45) is 0 Å². The summed E-state index contributed by atoms with van der Waals surface area (Å²) in [5, 5.41) is 1.86. The van der Waals surface area contributed by atoms with Crippen LogP contribution in [-0.4, -0.2) is 16.9 Å². The average molecular weight is 315 g/mol. The zero-order chi connectivity index (χ0) is 15.7. The molecule has 0 radical (unpaired) electrons. The van der Waals surface area contributed by atoms with E-state index in [0.29, 0.717) is 6.54 Å². The van der Waals surface area contributed by atoms with Crippen molar-refractivity contribution in [3.05, 3.63) is 64.2 Å². The maximum Gasteiger partial charge on any atom is 0.118 e. The van der Waals surface area contributed by atoms with Crippen molar-refractivity contribution in [3.63, 3.8) is 0 Å². The van der Waals surface area contributed by atoms with Gasteiger partial charge in [-0.25, -0.2) is 4.98 Å². The van der Waals surface area contributed by atoms with Crippen molar-refractivity contribution in [2.75, 3.05) is 7.05 Å². The van der Waals surface area contributed by atoms with E-state index in [1.165, 1.54) is 0 Å². The first-order valence-electron chi connectivity index (χ1n) is 7.32. The molecule has 0 amide bonds. The molecule has 22 heavy (non-hydrogen) atoms. The lowest BCUT2D eigenvalue weighted by Gasteiger charge is -2.17. The first-order chi connectivity index (χ1) is 10.5. The van der Waals surface area contributed by atoms with Crippen LogP contribution in [0.5, 0.6) is 0 Å². The number of para-hydroxylation sites is 1. The summed E-state index contributed by atoms with van der Waals surface area (Å²) in [6.07, 6.45) is 0. The molecule has 4 heteroatoms. The summed E-state index contributed by atoms with van der Waals surface area (Å²) in [5.74, 6) is 1.88. The molecule has 3 nitrogen and oxygen atoms in total. The summed E-state index contributed by atoms with van der Waals surface area (Å²) in [6, 6.07) is 12.1. The Balaban J connectivity index is 1.85. The van der Waals surface area contributed by atoms with E-state index in [4.69, 9.17) is 21.0 Å². The number of aryl methyl sites for hydroxylation is 2. The fraction of sp³-hybridized carbons (Fsp3) is 0.278. The fourth-order valence-electron chi connectivity index (χ4n) is 2.67. The predicted molar refractivity (Wildman–Crippen MR) is 90.1 cm³/mol. The summed E-state index contributed by atoms with van der Waals surface area (Å²) < 4.78 is 5.62. The number of aromatic nitrogens is 1. The van der Waals surface area contributed by atoms with Crippen LogP contribution in [0.2, 0.25) is 5.02 Å². The number of hydrogen-bond donors (Lipinski definition) is 0. The molecule has 1 aromatic carbocycles. The van der Waals surface area contributed by atoms with E-state index in [2.05, 4.69) is 11.0 Å². The molecule has 2 heterocycles. The Morgan fingerprint density at radius 2 is 1.86 bits per heavy atom. The van der Waals surface area contributed by atoms with Crippen LogP contribution in [0.3, 0.4) is 0 Å². The highest BCUT2D eigenvalue weighted by Crippen LogP contribution is 2.27. The topological polar surface area (TPSA) is 29.3 Å². The van der Waals surface area contributed by atoms with Gasteiger partial charge < -0.3 is 4.42 Å². The number of benzene rings is 1. The van der Waals surface area contributed by atoms with Crippen molar-refractivity contribution >= 4 is 22.5 Å². The van der Waals surface area contributed by atoms with Gasteiger partial charge in [0.2, 0.25) is 0 Å². The van der Waals surface area contributed by atoms with Crippen molar-refractivity contribution in [1.29, 1.82) is 0 Å². The van der Waals surface area contributed by atoms with E-state index in [9.17, 15) is 0 Å². The summed E-state index contributed by atoms with van der Waals surface area (Å²) >= 11 is 6.51. The summed E-state index contributed by atoms with van der Waals surface area (Å²) in [6.45, 7) is 5.42. The van der Waals surface area contributed by atoms with Gasteiger partial charge in [-0.1, -0.05) is 29.8 Å². The van der Waals surface area contributed by atoms with Crippen LogP contribution in [0, 0.1) is 13.8 Å². The number of pyridine rings is 1. The van der Waals surface area contributed by atoms with Crippen molar-refractivity contribution in [2.45, 2.75) is 26.9 Å². The van der Waals surface area contributed by atoms with Gasteiger partial charge in [0, 0.05) is 11.9 Å². The number of nitrogens with zero attached hydrogens (tertiary/aromatic N) is 2. The molecular formula is C18H19ClN2O. The predicted octanol–water partition coefficient (Wildman–Crippen LogP) is 4.73. The Morgan fingerprint density at radius 1 is 1.09 bits per heavy atom. The molecule has 0 saturated carbocycles. The third-order valence-corrected chi connectivity index (χ3v) is 4.29. The number of fused-ring (bicyclic) bond motifs is 1. The highest BCUT2D eigenvalue weighted by Gasteiger charge is 2.13. The van der Waals surface area contributed by atoms with Gasteiger partial charge in [0.15, 0.2) is 0 Å². The lowest BCUT2D eigenvalue weighted by atomic mass is 10.1. The smallest absolute Gasteiger partial charge is 0.118 e. The monoisotopic (exact) mass is 314 g/mol. The number of rotatable bonds is 4. The van der Waals surface area contributed by atoms with Gasteiger partial charge in [0.05, 0.1) is 22.8 Å². The van der Waals surface area contributed by atoms with E-state index >= 15 is 0 Å². The maximum atomic E-state index is 6.51. The minimum absolute atomic E-state index is 0.685. The second kappa shape index (κ2) is 6.11. The second-order valence-corrected chi connectivity index (χ2v) is 6.08. The number of hydrogen-bond acceptors (Lipinski definition) is 3. The quantitative estimate of drug-likeness (QED) is 0.697. The minimum Gasteiger partial charge on any atom is -0.465 e. The zero-order valence-electron chi connectivity index (χ0n) is 13.1. The Hall–Kier alpha value is -1.84. The summed E-state index contributed by atoms with van der Waals surface area (Å²) in [4.78, 5) is 6.87. The van der Waals surface area contributed by atoms with Gasteiger partial charge in [-0.3, -0.25) is 4.90 Å². The Kier molecular flexibility index (Phi) is 4.19. The van der Waals surface area contributed by atoms with Gasteiger partial charge in [0.25, 0.3) is 0 Å². The van der Waals surface area contributed by atoms with Crippen LogP contribution in [0.15, 0.2) is 40.8 Å². The lowest BCUT2D eigenvalue weighted by molar-refractivity contribution is 0.282. The second-order valence-electron chi connectivity index (χ2n) is 5.70. The van der Waals surface area contributed by atoms with Gasteiger partial charge in [0.1, 0.15) is 11.5 Å². The first-order valence-corrected chi connectivity index (χ1v) is 7.70. The molecule has 0 unspecified atom stereocenters. The largest absolute Gasteiger partial charge is 0.465 e. The fourth-order valence-corrected chi connectivity index (χ4v) is 2.87. The van der Waals surface area contributed by atoms with Crippen molar-refractivity contribution < 1.29 is 4.42 Å². The molecular weight excluding hydrogens is 296 g/mol. The molecule has 3 rings (SSSR count). The molecule has 2 aromatic heterocycles. The first kappa shape index (κ1) is 15.1. The molecule has 3 aromatic rings. The van der Waals surface area contributed by atoms with E-state index < -0.39 is 0 Å². The number of halogens is 1. The van der Waals surface area contributed by atoms with Crippen molar-refractivity contribution in [3.8, 4) is 0 Å². The third-order valence-electron chi connectivity index (χ3n) is 3.79. The molecule has 0 atom stereocenters. The van der Waals surface area contributed by atoms with Crippen LogP contribution in [0.25, 0.3) is 10.9 Å². The normalized spacial score (nSPS) is 11.5. The van der Waals surface area contributed by atoms with Crippen LogP contribution >= 0.6 is 11.6 Å². The van der Waals surface area contributed by atoms with Crippen molar-refractivity contribution in [1.82, 2.24) is 9.88 Å². The molecule has 0 aliphatic heterocycles. The van der Waals surface area contributed by atoms with E-state index in [1.807, 2.05) is 51.2 Å². The third kappa shape index (κ3) is 3.01. The van der Waals surface area contributed by atoms with Gasteiger partial charge in [-0.05, 0) is 44.7 Å². The van der Waals surface area contributed by atoms with Gasteiger partial charge in [-0.2, -0.15) is 0 Å². The molecule has 0 saturated heterocycles. The van der Waals surface area contributed by atoms with E-state index in [0.717, 1.165) is 45.2 Å². The zero-order valence-corrected chi connectivity index (χ0v) is 13.8. The minimum atomic E-state index is 0.685. The average Bonchev–Trinajstić information content (AvgIpc) is 2.89. The number of furan rings is 1. The Bertz CT molecular complexity index is 810. The van der Waals surface area contributed by atoms with Crippen LogP contribution < -0.4 is 0 Å². The molecule has 0 bridgehead atoms. The van der Waals surface area contributed by atoms with Gasteiger partial charge in [-0.15, -0.1) is 0 Å². The molecule has 0 N–H and O–H groups in total. The lowest BCUT2D eigenvalue weighted by Crippen LogP contribution is -2.18. The van der Waals surface area contributed by atoms with Crippen LogP contribution in [0.4, 0.5) is 0 Å². The van der Waals surface area contributed by atoms with Gasteiger partial charge >= 0.3 is 0 Å².